The van der Waals surface area contributed by atoms with E-state index in [1.807, 2.05) is 62.4 Å². The van der Waals surface area contributed by atoms with E-state index in [4.69, 9.17) is 0 Å². The van der Waals surface area contributed by atoms with E-state index in [2.05, 4.69) is 16.7 Å². The van der Waals surface area contributed by atoms with Crippen LogP contribution in [0.25, 0.3) is 0 Å². The maximum Gasteiger partial charge on any atom is 0.234 e. The number of anilines is 1. The normalized spacial score (nSPS) is 16.2. The Morgan fingerprint density at radius 1 is 1.24 bits per heavy atom. The topological polar surface area (TPSA) is 82.0 Å². The molecule has 148 valence electrons. The van der Waals surface area contributed by atoms with Crippen molar-refractivity contribution >= 4 is 29.3 Å². The van der Waals surface area contributed by atoms with Gasteiger partial charge >= 0.3 is 0 Å². The second-order valence-corrected chi connectivity index (χ2v) is 7.85. The average molecular weight is 406 g/mol. The van der Waals surface area contributed by atoms with Crippen LogP contribution >= 0.6 is 11.8 Å². The molecule has 0 saturated carbocycles. The fraction of sp³-hybridized carbons (Fsp3) is 0.261. The molecule has 29 heavy (non-hydrogen) atoms. The number of allylic oxidation sites excluding steroid dienone is 1. The predicted molar refractivity (Wildman–Crippen MR) is 116 cm³/mol. The number of nitrogens with one attached hydrogen (secondary N) is 2. The lowest BCUT2D eigenvalue weighted by atomic mass is 9.85. The van der Waals surface area contributed by atoms with E-state index >= 15 is 0 Å². The fourth-order valence-electron chi connectivity index (χ4n) is 3.45. The fourth-order valence-corrected chi connectivity index (χ4v) is 4.33. The van der Waals surface area contributed by atoms with Crippen molar-refractivity contribution < 1.29 is 9.59 Å². The highest BCUT2D eigenvalue weighted by Crippen LogP contribution is 2.37. The summed E-state index contributed by atoms with van der Waals surface area (Å²) in [5.74, 6) is -0.495. The van der Waals surface area contributed by atoms with Gasteiger partial charge in [0, 0.05) is 18.0 Å². The number of nitriles is 1. The molecule has 0 bridgehead atoms. The number of thioether (sulfide) groups is 1. The number of amides is 2. The van der Waals surface area contributed by atoms with Crippen LogP contribution in [0.2, 0.25) is 0 Å². The van der Waals surface area contributed by atoms with Crippen LogP contribution in [-0.4, -0.2) is 17.6 Å². The molecule has 6 heteroatoms. The highest BCUT2D eigenvalue weighted by Gasteiger charge is 2.30. The van der Waals surface area contributed by atoms with Gasteiger partial charge in [0.15, 0.2) is 0 Å². The van der Waals surface area contributed by atoms with Gasteiger partial charge in [0.05, 0.1) is 22.4 Å². The van der Waals surface area contributed by atoms with E-state index in [1.54, 1.807) is 0 Å². The summed E-state index contributed by atoms with van der Waals surface area (Å²) in [7, 11) is 0. The van der Waals surface area contributed by atoms with Crippen LogP contribution in [0.5, 0.6) is 0 Å². The number of para-hydroxylation sites is 1. The first-order valence-electron chi connectivity index (χ1n) is 9.53. The number of carbonyl (C=O) groups is 2. The molecule has 0 saturated heterocycles. The molecule has 1 aliphatic rings. The summed E-state index contributed by atoms with van der Waals surface area (Å²) in [4.78, 5) is 24.7. The molecule has 2 aromatic rings. The van der Waals surface area contributed by atoms with Gasteiger partial charge in [-0.3, -0.25) is 9.59 Å². The quantitative estimate of drug-likeness (QED) is 0.752. The molecule has 0 unspecified atom stereocenters. The van der Waals surface area contributed by atoms with Crippen LogP contribution in [0, 0.1) is 18.3 Å². The second-order valence-electron chi connectivity index (χ2n) is 6.86. The van der Waals surface area contributed by atoms with Crippen molar-refractivity contribution in [2.75, 3.05) is 11.1 Å². The van der Waals surface area contributed by atoms with Crippen molar-refractivity contribution in [1.29, 1.82) is 5.26 Å². The zero-order valence-corrected chi connectivity index (χ0v) is 17.3. The summed E-state index contributed by atoms with van der Waals surface area (Å²) in [5.41, 5.74) is 4.37. The second kappa shape index (κ2) is 9.44. The highest BCUT2D eigenvalue weighted by molar-refractivity contribution is 8.03. The molecule has 5 nitrogen and oxygen atoms in total. The van der Waals surface area contributed by atoms with Gasteiger partial charge in [-0.1, -0.05) is 61.2 Å². The lowest BCUT2D eigenvalue weighted by Crippen LogP contribution is -2.31. The Morgan fingerprint density at radius 3 is 2.69 bits per heavy atom. The largest absolute Gasteiger partial charge is 0.325 e. The first kappa shape index (κ1) is 20.7. The van der Waals surface area contributed by atoms with Gasteiger partial charge in [-0.25, -0.2) is 0 Å². The average Bonchev–Trinajstić information content (AvgIpc) is 2.72. The number of nitrogens with zero attached hydrogens (tertiary/aromatic N) is 1. The summed E-state index contributed by atoms with van der Waals surface area (Å²) in [5, 5.41) is 15.9. The Balaban J connectivity index is 1.77. The first-order valence-corrected chi connectivity index (χ1v) is 10.5. The number of benzene rings is 2. The minimum atomic E-state index is -0.290. The maximum atomic E-state index is 12.5. The van der Waals surface area contributed by atoms with Crippen molar-refractivity contribution in [3.8, 4) is 6.07 Å². The molecule has 2 amide bonds. The van der Waals surface area contributed by atoms with E-state index in [-0.39, 0.29) is 29.9 Å². The summed E-state index contributed by atoms with van der Waals surface area (Å²) < 4.78 is 0. The van der Waals surface area contributed by atoms with Crippen molar-refractivity contribution in [3.63, 3.8) is 0 Å². The maximum absolute atomic E-state index is 12.5. The Labute approximate surface area is 175 Å². The van der Waals surface area contributed by atoms with Crippen molar-refractivity contribution in [3.05, 3.63) is 75.8 Å². The molecule has 3 rings (SSSR count). The molecule has 1 aliphatic heterocycles. The van der Waals surface area contributed by atoms with Crippen LogP contribution in [0.3, 0.4) is 0 Å². The van der Waals surface area contributed by atoms with Gasteiger partial charge in [-0.15, -0.1) is 0 Å². The van der Waals surface area contributed by atoms with Crippen molar-refractivity contribution in [1.82, 2.24) is 5.32 Å². The van der Waals surface area contributed by atoms with Gasteiger partial charge in [-0.2, -0.15) is 5.26 Å². The van der Waals surface area contributed by atoms with Crippen LogP contribution in [-0.2, 0) is 16.0 Å². The van der Waals surface area contributed by atoms with Crippen LogP contribution in [0.4, 0.5) is 5.69 Å². The van der Waals surface area contributed by atoms with Gasteiger partial charge in [0.2, 0.25) is 11.8 Å². The van der Waals surface area contributed by atoms with Crippen LogP contribution in [0.15, 0.2) is 59.1 Å². The zero-order chi connectivity index (χ0) is 20.8. The van der Waals surface area contributed by atoms with Gasteiger partial charge in [-0.05, 0) is 36.1 Å². The predicted octanol–water partition coefficient (Wildman–Crippen LogP) is 4.27. The third kappa shape index (κ3) is 4.87. The summed E-state index contributed by atoms with van der Waals surface area (Å²) in [6.07, 6.45) is 1.05. The van der Waals surface area contributed by atoms with E-state index in [1.165, 1.54) is 11.8 Å². The Morgan fingerprint density at radius 2 is 1.97 bits per heavy atom. The summed E-state index contributed by atoms with van der Waals surface area (Å²) in [6, 6.07) is 17.7. The molecular weight excluding hydrogens is 382 g/mol. The molecule has 0 fully saturated rings. The molecule has 1 atom stereocenters. The lowest BCUT2D eigenvalue weighted by Gasteiger charge is -2.26. The monoisotopic (exact) mass is 405 g/mol. The standard InChI is InChI=1S/C23H23N3O2S/c1-3-16-9-5-7-11-20(16)25-22(28)14-29-23-19(13-24)18(12-21(27)26-23)17-10-6-4-8-15(17)2/h4-11,18H,3,12,14H2,1-2H3,(H,25,28)(H,26,27)/t18-/m1/s1. The third-order valence-electron chi connectivity index (χ3n) is 4.94. The van der Waals surface area contributed by atoms with E-state index < -0.39 is 0 Å². The van der Waals surface area contributed by atoms with Crippen LogP contribution < -0.4 is 10.6 Å². The lowest BCUT2D eigenvalue weighted by molar-refractivity contribution is -0.121. The zero-order valence-electron chi connectivity index (χ0n) is 16.5. The van der Waals surface area contributed by atoms with Crippen molar-refractivity contribution in [2.45, 2.75) is 32.6 Å². The van der Waals surface area contributed by atoms with E-state index in [9.17, 15) is 14.9 Å². The molecule has 0 aliphatic carbocycles. The molecule has 1 heterocycles. The van der Waals surface area contributed by atoms with Gasteiger partial charge in [0.1, 0.15) is 0 Å². The summed E-state index contributed by atoms with van der Waals surface area (Å²) >= 11 is 1.19. The van der Waals surface area contributed by atoms with E-state index in [0.717, 1.165) is 28.8 Å². The molecular formula is C23H23N3O2S. The Kier molecular flexibility index (Phi) is 6.73. The number of rotatable bonds is 6. The van der Waals surface area contributed by atoms with Gasteiger partial charge < -0.3 is 10.6 Å². The van der Waals surface area contributed by atoms with Crippen molar-refractivity contribution in [2.24, 2.45) is 0 Å². The number of hydrogen-bond donors (Lipinski definition) is 2. The molecule has 0 radical (unpaired) electrons. The smallest absolute Gasteiger partial charge is 0.234 e. The number of hydrogen-bond acceptors (Lipinski definition) is 4. The summed E-state index contributed by atoms with van der Waals surface area (Å²) in [6.45, 7) is 4.01. The number of carbonyl (C=O) groups excluding carboxylic acids is 2. The Hall–Kier alpha value is -3.04. The third-order valence-corrected chi connectivity index (χ3v) is 5.96. The highest BCUT2D eigenvalue weighted by atomic mass is 32.2. The number of aryl methyl sites for hydroxylation is 2. The molecule has 2 N–H and O–H groups in total. The van der Waals surface area contributed by atoms with E-state index in [0.29, 0.717) is 10.6 Å². The Bertz CT molecular complexity index is 1010. The first-order chi connectivity index (χ1) is 14.0. The molecule has 2 aromatic carbocycles. The molecule has 0 spiro atoms. The van der Waals surface area contributed by atoms with Gasteiger partial charge in [0.25, 0.3) is 0 Å². The SMILES string of the molecule is CCc1ccccc1NC(=O)CSC1=C(C#N)[C@@H](c2ccccc2C)CC(=O)N1. The van der Waals surface area contributed by atoms with Crippen LogP contribution in [0.1, 0.15) is 36.0 Å². The molecule has 0 aromatic heterocycles. The minimum absolute atomic E-state index is 0.110. The minimum Gasteiger partial charge on any atom is -0.325 e.